The zero-order chi connectivity index (χ0) is 18.4. The predicted octanol–water partition coefficient (Wildman–Crippen LogP) is 2.85. The summed E-state index contributed by atoms with van der Waals surface area (Å²) in [5.74, 6) is 1.37. The Bertz CT molecular complexity index is 1090. The number of aliphatic imine (C=N–C) groups is 1. The molecule has 2 N–H and O–H groups in total. The first kappa shape index (κ1) is 16.1. The van der Waals surface area contributed by atoms with Gasteiger partial charge in [0.1, 0.15) is 0 Å². The molecule has 5 rings (SSSR count). The number of nitrogens with zero attached hydrogens (tertiary/aromatic N) is 4. The molecule has 0 amide bonds. The van der Waals surface area contributed by atoms with Crippen LogP contribution in [0.4, 0.5) is 5.95 Å². The molecule has 0 radical (unpaired) electrons. The van der Waals surface area contributed by atoms with E-state index < -0.39 is 6.17 Å². The van der Waals surface area contributed by atoms with E-state index in [0.717, 1.165) is 48.4 Å². The van der Waals surface area contributed by atoms with Gasteiger partial charge in [0, 0.05) is 47.5 Å². The van der Waals surface area contributed by atoms with Gasteiger partial charge in [0.05, 0.1) is 0 Å². The zero-order valence-electron chi connectivity index (χ0n) is 15.3. The van der Waals surface area contributed by atoms with Gasteiger partial charge in [-0.05, 0) is 32.3 Å². The first-order chi connectivity index (χ1) is 13.2. The standard InChI is InChI=1S/C20H22N6O/c1-13-11-17(27)26-18(15-12-21-16-8-4-3-7-14(15)16)23-19(24-20(26)22-13)25-9-5-2-6-10-25/h3-4,7-8,11-12,18,21H,2,5-6,9-10H2,1H3,(H,22,23,24)/t18-/m1/s1. The maximum absolute atomic E-state index is 12.8. The number of guanidine groups is 1. The van der Waals surface area contributed by atoms with Crippen LogP contribution in [0.5, 0.6) is 0 Å². The van der Waals surface area contributed by atoms with Gasteiger partial charge in [-0.2, -0.15) is 0 Å². The van der Waals surface area contributed by atoms with E-state index in [0.29, 0.717) is 11.6 Å². The molecule has 1 atom stereocenters. The van der Waals surface area contributed by atoms with E-state index >= 15 is 0 Å². The number of rotatable bonds is 1. The lowest BCUT2D eigenvalue weighted by atomic mass is 10.1. The summed E-state index contributed by atoms with van der Waals surface area (Å²) in [6.45, 7) is 3.79. The highest BCUT2D eigenvalue weighted by Crippen LogP contribution is 2.31. The van der Waals surface area contributed by atoms with E-state index in [2.05, 4.69) is 26.3 Å². The molecule has 27 heavy (non-hydrogen) atoms. The van der Waals surface area contributed by atoms with Crippen molar-refractivity contribution in [1.29, 1.82) is 0 Å². The van der Waals surface area contributed by atoms with Crippen molar-refractivity contribution >= 4 is 22.8 Å². The summed E-state index contributed by atoms with van der Waals surface area (Å²) in [5.41, 5.74) is 2.63. The van der Waals surface area contributed by atoms with E-state index in [1.807, 2.05) is 31.3 Å². The average Bonchev–Trinajstić information content (AvgIpc) is 3.11. The molecule has 0 unspecified atom stereocenters. The molecule has 0 spiro atoms. The quantitative estimate of drug-likeness (QED) is 0.698. The van der Waals surface area contributed by atoms with Crippen molar-refractivity contribution < 1.29 is 0 Å². The summed E-state index contributed by atoms with van der Waals surface area (Å²) in [5, 5.41) is 4.38. The number of likely N-dealkylation sites (tertiary alicyclic amines) is 1. The lowest BCUT2D eigenvalue weighted by molar-refractivity contribution is 0.336. The van der Waals surface area contributed by atoms with Gasteiger partial charge in [0.15, 0.2) is 6.17 Å². The van der Waals surface area contributed by atoms with Crippen LogP contribution in [0.25, 0.3) is 10.9 Å². The van der Waals surface area contributed by atoms with Crippen molar-refractivity contribution in [3.05, 3.63) is 58.1 Å². The number of aryl methyl sites for hydroxylation is 1. The van der Waals surface area contributed by atoms with Crippen molar-refractivity contribution in [1.82, 2.24) is 19.4 Å². The maximum Gasteiger partial charge on any atom is 0.257 e. The minimum absolute atomic E-state index is 0.0956. The number of para-hydroxylation sites is 1. The molecular weight excluding hydrogens is 340 g/mol. The van der Waals surface area contributed by atoms with Crippen molar-refractivity contribution in [3.63, 3.8) is 0 Å². The van der Waals surface area contributed by atoms with Crippen molar-refractivity contribution in [3.8, 4) is 0 Å². The fourth-order valence-corrected chi connectivity index (χ4v) is 4.02. The number of aromatic amines is 1. The minimum Gasteiger partial charge on any atom is -0.361 e. The van der Waals surface area contributed by atoms with E-state index in [9.17, 15) is 4.79 Å². The average molecular weight is 362 g/mol. The number of aromatic nitrogens is 3. The third kappa shape index (κ3) is 2.70. The summed E-state index contributed by atoms with van der Waals surface area (Å²) >= 11 is 0. The van der Waals surface area contributed by atoms with Crippen LogP contribution in [0.1, 0.15) is 36.7 Å². The number of fused-ring (bicyclic) bond motifs is 2. The first-order valence-electron chi connectivity index (χ1n) is 9.47. The molecular formula is C20H22N6O. The van der Waals surface area contributed by atoms with Gasteiger partial charge in [-0.1, -0.05) is 18.2 Å². The molecule has 0 bridgehead atoms. The van der Waals surface area contributed by atoms with Crippen LogP contribution in [0.15, 0.2) is 46.3 Å². The fraction of sp³-hybridized carbons (Fsp3) is 0.350. The first-order valence-corrected chi connectivity index (χ1v) is 9.47. The summed E-state index contributed by atoms with van der Waals surface area (Å²) in [6.07, 6.45) is 5.09. The summed E-state index contributed by atoms with van der Waals surface area (Å²) in [4.78, 5) is 27.9. The molecule has 0 aliphatic carbocycles. The lowest BCUT2D eigenvalue weighted by Gasteiger charge is -2.34. The van der Waals surface area contributed by atoms with Crippen LogP contribution in [0.3, 0.4) is 0 Å². The molecule has 1 aromatic carbocycles. The topological polar surface area (TPSA) is 78.3 Å². The largest absolute Gasteiger partial charge is 0.361 e. The monoisotopic (exact) mass is 362 g/mol. The number of piperidine rings is 1. The number of hydrogen-bond acceptors (Lipinski definition) is 5. The highest BCUT2D eigenvalue weighted by Gasteiger charge is 2.29. The number of hydrogen-bond donors (Lipinski definition) is 2. The Kier molecular flexibility index (Phi) is 3.74. The van der Waals surface area contributed by atoms with Gasteiger partial charge in [0.25, 0.3) is 5.56 Å². The summed E-state index contributed by atoms with van der Waals surface area (Å²) < 4.78 is 1.65. The second-order valence-corrected chi connectivity index (χ2v) is 7.22. The normalized spacial score (nSPS) is 19.5. The van der Waals surface area contributed by atoms with E-state index in [1.165, 1.54) is 6.42 Å². The molecule has 0 saturated carbocycles. The molecule has 7 heteroatoms. The van der Waals surface area contributed by atoms with Gasteiger partial charge >= 0.3 is 0 Å². The summed E-state index contributed by atoms with van der Waals surface area (Å²) in [6, 6.07) is 9.66. The molecule has 138 valence electrons. The molecule has 7 nitrogen and oxygen atoms in total. The third-order valence-corrected chi connectivity index (χ3v) is 5.35. The second-order valence-electron chi connectivity index (χ2n) is 7.22. The highest BCUT2D eigenvalue weighted by atomic mass is 16.1. The predicted molar refractivity (Wildman–Crippen MR) is 106 cm³/mol. The summed E-state index contributed by atoms with van der Waals surface area (Å²) in [7, 11) is 0. The van der Waals surface area contributed by atoms with Crippen LogP contribution in [0.2, 0.25) is 0 Å². The number of nitrogens with one attached hydrogen (secondary N) is 2. The maximum atomic E-state index is 12.8. The molecule has 1 saturated heterocycles. The highest BCUT2D eigenvalue weighted by molar-refractivity contribution is 5.94. The van der Waals surface area contributed by atoms with Crippen LogP contribution < -0.4 is 10.9 Å². The Morgan fingerprint density at radius 2 is 1.96 bits per heavy atom. The molecule has 2 aliphatic heterocycles. The number of anilines is 1. The Hall–Kier alpha value is -3.09. The number of H-pyrrole nitrogens is 1. The van der Waals surface area contributed by atoms with E-state index in [4.69, 9.17) is 4.99 Å². The zero-order valence-corrected chi connectivity index (χ0v) is 15.3. The number of benzene rings is 1. The van der Waals surface area contributed by atoms with E-state index in [-0.39, 0.29) is 5.56 Å². The SMILES string of the molecule is Cc1cc(=O)n2c(n1)NC(N1CCCCC1)=N[C@H]2c1c[nH]c2ccccc12. The van der Waals surface area contributed by atoms with Crippen molar-refractivity contribution in [2.75, 3.05) is 18.4 Å². The van der Waals surface area contributed by atoms with Crippen LogP contribution in [-0.4, -0.2) is 38.5 Å². The Morgan fingerprint density at radius 1 is 1.15 bits per heavy atom. The Balaban J connectivity index is 1.69. The Morgan fingerprint density at radius 3 is 2.81 bits per heavy atom. The third-order valence-electron chi connectivity index (χ3n) is 5.35. The van der Waals surface area contributed by atoms with E-state index in [1.54, 1.807) is 10.6 Å². The molecule has 2 aromatic heterocycles. The second kappa shape index (κ2) is 6.26. The molecule has 3 aromatic rings. The van der Waals surface area contributed by atoms with Gasteiger partial charge < -0.3 is 9.88 Å². The van der Waals surface area contributed by atoms with Gasteiger partial charge in [-0.25, -0.2) is 9.98 Å². The van der Waals surface area contributed by atoms with Gasteiger partial charge in [-0.3, -0.25) is 14.7 Å². The van der Waals surface area contributed by atoms with Crippen LogP contribution in [-0.2, 0) is 0 Å². The molecule has 1 fully saturated rings. The van der Waals surface area contributed by atoms with Gasteiger partial charge in [-0.15, -0.1) is 0 Å². The fourth-order valence-electron chi connectivity index (χ4n) is 4.02. The smallest absolute Gasteiger partial charge is 0.257 e. The van der Waals surface area contributed by atoms with Crippen molar-refractivity contribution in [2.45, 2.75) is 32.4 Å². The minimum atomic E-state index is -0.435. The Labute approximate surface area is 156 Å². The lowest BCUT2D eigenvalue weighted by Crippen LogP contribution is -2.45. The van der Waals surface area contributed by atoms with Crippen LogP contribution in [0, 0.1) is 6.92 Å². The van der Waals surface area contributed by atoms with Gasteiger partial charge in [0.2, 0.25) is 11.9 Å². The van der Waals surface area contributed by atoms with Crippen LogP contribution >= 0.6 is 0 Å². The molecule has 4 heterocycles. The van der Waals surface area contributed by atoms with Crippen molar-refractivity contribution in [2.24, 2.45) is 4.99 Å². The molecule has 2 aliphatic rings.